The first kappa shape index (κ1) is 22.2. The van der Waals surface area contributed by atoms with Gasteiger partial charge in [0.15, 0.2) is 5.75 Å². The number of rotatable bonds is 8. The summed E-state index contributed by atoms with van der Waals surface area (Å²) in [6.45, 7) is 8.06. The molecule has 0 amide bonds. The minimum atomic E-state index is -0.487. The molecular formula is C22H24N4O4S. The second-order valence-electron chi connectivity index (χ2n) is 7.08. The molecule has 0 saturated carbocycles. The molecule has 0 bridgehead atoms. The molecule has 2 aromatic carbocycles. The Kier molecular flexibility index (Phi) is 6.86. The Morgan fingerprint density at radius 3 is 2.65 bits per heavy atom. The Balaban J connectivity index is 1.85. The van der Waals surface area contributed by atoms with E-state index in [2.05, 4.69) is 15.5 Å². The molecule has 0 spiro atoms. The number of hydrazone groups is 1. The van der Waals surface area contributed by atoms with Gasteiger partial charge in [-0.1, -0.05) is 23.8 Å². The highest BCUT2D eigenvalue weighted by atomic mass is 32.1. The second-order valence-corrected chi connectivity index (χ2v) is 8.28. The molecule has 3 aromatic rings. The standard InChI is InChI=1S/C22H24N4O4S/c1-13-6-7-14(2)18(8-13)12-30-21-19(26(27)28)9-17(10-20(21)29-5)11-23-25-22-24-15(3)16(4)31-22/h6-11H,12H2,1-5H3,(H,24,25)/b23-11-. The van der Waals surface area contributed by atoms with Crippen molar-refractivity contribution in [3.05, 3.63) is 73.3 Å². The summed E-state index contributed by atoms with van der Waals surface area (Å²) in [5, 5.41) is 16.5. The third-order valence-electron chi connectivity index (χ3n) is 4.75. The van der Waals surface area contributed by atoms with Gasteiger partial charge < -0.3 is 9.47 Å². The molecule has 162 valence electrons. The molecule has 0 saturated heterocycles. The molecule has 0 fully saturated rings. The van der Waals surface area contributed by atoms with Crippen LogP contribution in [0.4, 0.5) is 10.8 Å². The second kappa shape index (κ2) is 9.57. The highest BCUT2D eigenvalue weighted by Gasteiger charge is 2.22. The van der Waals surface area contributed by atoms with Crippen LogP contribution >= 0.6 is 11.3 Å². The molecule has 1 aromatic heterocycles. The van der Waals surface area contributed by atoms with E-state index in [-0.39, 0.29) is 23.8 Å². The lowest BCUT2D eigenvalue weighted by atomic mass is 10.1. The predicted molar refractivity (Wildman–Crippen MR) is 123 cm³/mol. The average Bonchev–Trinajstić information content (AvgIpc) is 3.05. The van der Waals surface area contributed by atoms with Crippen LogP contribution in [0.5, 0.6) is 11.5 Å². The SMILES string of the molecule is COc1cc(/C=N\Nc2nc(C)c(C)s2)cc([N+](=O)[O-])c1OCc1cc(C)ccc1C. The monoisotopic (exact) mass is 440 g/mol. The van der Waals surface area contributed by atoms with Gasteiger partial charge in [0.05, 0.1) is 23.9 Å². The first-order chi connectivity index (χ1) is 14.8. The fourth-order valence-electron chi connectivity index (χ4n) is 2.90. The van der Waals surface area contributed by atoms with Crippen molar-refractivity contribution in [2.24, 2.45) is 5.10 Å². The van der Waals surface area contributed by atoms with Crippen molar-refractivity contribution in [2.45, 2.75) is 34.3 Å². The number of aryl methyl sites for hydroxylation is 4. The van der Waals surface area contributed by atoms with Crippen molar-refractivity contribution >= 4 is 28.4 Å². The number of hydrogen-bond acceptors (Lipinski definition) is 8. The van der Waals surface area contributed by atoms with Crippen LogP contribution in [0.2, 0.25) is 0 Å². The highest BCUT2D eigenvalue weighted by Crippen LogP contribution is 2.38. The molecule has 9 heteroatoms. The minimum Gasteiger partial charge on any atom is -0.493 e. The Morgan fingerprint density at radius 1 is 1.23 bits per heavy atom. The lowest BCUT2D eigenvalue weighted by Crippen LogP contribution is -2.04. The molecule has 0 aliphatic rings. The van der Waals surface area contributed by atoms with Gasteiger partial charge in [-0.05, 0) is 44.9 Å². The van der Waals surface area contributed by atoms with Crippen LogP contribution in [-0.4, -0.2) is 23.2 Å². The summed E-state index contributed by atoms with van der Waals surface area (Å²) < 4.78 is 11.2. The van der Waals surface area contributed by atoms with Crippen LogP contribution in [0.15, 0.2) is 35.4 Å². The Labute approximate surface area is 184 Å². The van der Waals surface area contributed by atoms with Crippen LogP contribution in [0, 0.1) is 37.8 Å². The van der Waals surface area contributed by atoms with E-state index < -0.39 is 4.92 Å². The largest absolute Gasteiger partial charge is 0.493 e. The molecule has 8 nitrogen and oxygen atoms in total. The fourth-order valence-corrected chi connectivity index (χ4v) is 3.67. The van der Waals surface area contributed by atoms with E-state index in [9.17, 15) is 10.1 Å². The molecule has 0 radical (unpaired) electrons. The van der Waals surface area contributed by atoms with Gasteiger partial charge in [0.2, 0.25) is 10.9 Å². The summed E-state index contributed by atoms with van der Waals surface area (Å²) in [4.78, 5) is 16.7. The fraction of sp³-hybridized carbons (Fsp3) is 0.273. The molecule has 1 N–H and O–H groups in total. The number of nitrogens with one attached hydrogen (secondary N) is 1. The van der Waals surface area contributed by atoms with Crippen LogP contribution in [0.1, 0.15) is 32.8 Å². The van der Waals surface area contributed by atoms with Gasteiger partial charge in [0.1, 0.15) is 6.61 Å². The number of ether oxygens (including phenoxy) is 2. The molecule has 1 heterocycles. The molecule has 31 heavy (non-hydrogen) atoms. The van der Waals surface area contributed by atoms with E-state index in [1.54, 1.807) is 6.07 Å². The van der Waals surface area contributed by atoms with Crippen molar-refractivity contribution in [1.82, 2.24) is 4.98 Å². The van der Waals surface area contributed by atoms with Crippen LogP contribution in [0.3, 0.4) is 0 Å². The van der Waals surface area contributed by atoms with Crippen molar-refractivity contribution in [2.75, 3.05) is 12.5 Å². The quantitative estimate of drug-likeness (QED) is 0.289. The number of nitro groups is 1. The predicted octanol–water partition coefficient (Wildman–Crippen LogP) is 5.32. The maximum absolute atomic E-state index is 11.7. The summed E-state index contributed by atoms with van der Waals surface area (Å²) in [6.07, 6.45) is 1.48. The number of benzene rings is 2. The van der Waals surface area contributed by atoms with Crippen molar-refractivity contribution in [1.29, 1.82) is 0 Å². The number of aromatic nitrogens is 1. The van der Waals surface area contributed by atoms with Gasteiger partial charge in [-0.3, -0.25) is 15.5 Å². The first-order valence-corrected chi connectivity index (χ1v) is 10.4. The van der Waals surface area contributed by atoms with Gasteiger partial charge in [-0.2, -0.15) is 5.10 Å². The lowest BCUT2D eigenvalue weighted by Gasteiger charge is -2.13. The summed E-state index contributed by atoms with van der Waals surface area (Å²) in [5.74, 6) is 0.353. The number of nitrogens with zero attached hydrogens (tertiary/aromatic N) is 3. The zero-order chi connectivity index (χ0) is 22.5. The van der Waals surface area contributed by atoms with Gasteiger partial charge in [-0.15, -0.1) is 11.3 Å². The van der Waals surface area contributed by atoms with Gasteiger partial charge in [0.25, 0.3) is 0 Å². The number of thiazole rings is 1. The molecule has 0 unspecified atom stereocenters. The van der Waals surface area contributed by atoms with E-state index >= 15 is 0 Å². The minimum absolute atomic E-state index is 0.0877. The topological polar surface area (TPSA) is 98.9 Å². The normalized spacial score (nSPS) is 11.0. The number of anilines is 1. The molecule has 3 rings (SSSR count). The van der Waals surface area contributed by atoms with E-state index in [1.165, 1.54) is 30.7 Å². The molecular weight excluding hydrogens is 416 g/mol. The van der Waals surface area contributed by atoms with Gasteiger partial charge >= 0.3 is 5.69 Å². The van der Waals surface area contributed by atoms with Gasteiger partial charge in [0, 0.05) is 16.5 Å². The van der Waals surface area contributed by atoms with E-state index in [4.69, 9.17) is 9.47 Å². The maximum Gasteiger partial charge on any atom is 0.315 e. The first-order valence-electron chi connectivity index (χ1n) is 9.57. The summed E-state index contributed by atoms with van der Waals surface area (Å²) in [6, 6.07) is 9.07. The number of methoxy groups -OCH3 is 1. The third kappa shape index (κ3) is 5.37. The number of hydrogen-bond donors (Lipinski definition) is 1. The maximum atomic E-state index is 11.7. The van der Waals surface area contributed by atoms with Crippen LogP contribution in [-0.2, 0) is 6.61 Å². The molecule has 0 atom stereocenters. The molecule has 0 aliphatic carbocycles. The van der Waals surface area contributed by atoms with E-state index in [1.807, 2.05) is 45.9 Å². The van der Waals surface area contributed by atoms with Crippen LogP contribution in [0.25, 0.3) is 0 Å². The number of nitro benzene ring substituents is 1. The van der Waals surface area contributed by atoms with E-state index in [0.29, 0.717) is 10.7 Å². The lowest BCUT2D eigenvalue weighted by molar-refractivity contribution is -0.386. The summed E-state index contributed by atoms with van der Waals surface area (Å²) in [5.41, 5.74) is 7.20. The van der Waals surface area contributed by atoms with Gasteiger partial charge in [-0.25, -0.2) is 4.98 Å². The Bertz CT molecular complexity index is 1120. The molecule has 0 aliphatic heterocycles. The third-order valence-corrected chi connectivity index (χ3v) is 5.73. The average molecular weight is 441 g/mol. The zero-order valence-electron chi connectivity index (χ0n) is 18.1. The van der Waals surface area contributed by atoms with Crippen molar-refractivity contribution < 1.29 is 14.4 Å². The summed E-state index contributed by atoms with van der Waals surface area (Å²) in [7, 11) is 1.45. The van der Waals surface area contributed by atoms with Crippen molar-refractivity contribution in [3.63, 3.8) is 0 Å². The Morgan fingerprint density at radius 2 is 2.00 bits per heavy atom. The van der Waals surface area contributed by atoms with Crippen molar-refractivity contribution in [3.8, 4) is 11.5 Å². The highest BCUT2D eigenvalue weighted by molar-refractivity contribution is 7.15. The summed E-state index contributed by atoms with van der Waals surface area (Å²) >= 11 is 1.49. The van der Waals surface area contributed by atoms with E-state index in [0.717, 1.165) is 27.3 Å². The van der Waals surface area contributed by atoms with Crippen LogP contribution < -0.4 is 14.9 Å². The zero-order valence-corrected chi connectivity index (χ0v) is 18.9. The smallest absolute Gasteiger partial charge is 0.315 e. The Hall–Kier alpha value is -3.46.